The second kappa shape index (κ2) is 10.1. The number of pyridine rings is 2. The van der Waals surface area contributed by atoms with Crippen LogP contribution in [0.25, 0.3) is 11.3 Å². The third kappa shape index (κ3) is 5.14. The van der Waals surface area contributed by atoms with Crippen molar-refractivity contribution in [2.45, 2.75) is 12.8 Å². The third-order valence-corrected chi connectivity index (χ3v) is 6.21. The van der Waals surface area contributed by atoms with Crippen molar-refractivity contribution in [3.63, 3.8) is 0 Å². The topological polar surface area (TPSA) is 120 Å². The number of carbonyl (C=O) groups excluding carboxylic acids is 2. The molecule has 1 fully saturated rings. The van der Waals surface area contributed by atoms with Gasteiger partial charge in [0.2, 0.25) is 11.9 Å². The molecule has 2 amide bonds. The van der Waals surface area contributed by atoms with E-state index in [0.717, 1.165) is 18.9 Å². The lowest BCUT2D eigenvalue weighted by atomic mass is 10.2. The number of anilines is 2. The number of ether oxygens (including phenoxy) is 1. The average molecular weight is 543 g/mol. The van der Waals surface area contributed by atoms with E-state index in [-0.39, 0.29) is 40.5 Å². The van der Waals surface area contributed by atoms with Gasteiger partial charge >= 0.3 is 0 Å². The lowest BCUT2D eigenvalue weighted by Crippen LogP contribution is -2.27. The number of hydrogen-bond donors (Lipinski definition) is 2. The van der Waals surface area contributed by atoms with E-state index in [4.69, 9.17) is 4.74 Å². The Hall–Kier alpha value is -5.39. The van der Waals surface area contributed by atoms with E-state index in [9.17, 15) is 23.2 Å². The molecule has 0 unspecified atom stereocenters. The summed E-state index contributed by atoms with van der Waals surface area (Å²) in [7, 11) is 0. The first-order valence-electron chi connectivity index (χ1n) is 12.3. The van der Waals surface area contributed by atoms with Gasteiger partial charge in [0.15, 0.2) is 17.2 Å². The fraction of sp³-hybridized carbons (Fsp3) is 0.107. The first-order valence-corrected chi connectivity index (χ1v) is 12.3. The van der Waals surface area contributed by atoms with E-state index < -0.39 is 23.1 Å². The standard InChI is InChI=1S/C28H20F2N6O4/c29-17-5-8-19(9-6-17)35-12-1-2-21(27(35)39)26(38)31-18-7-10-23(22(30)14-18)40-20-11-13-36-24(15-20)32-28(34-36)33-25(37)16-3-4-16/h1-2,5-16H,3-4H2,(H,31,38)(H,33,34,37). The highest BCUT2D eigenvalue weighted by molar-refractivity contribution is 6.04. The van der Waals surface area contributed by atoms with Gasteiger partial charge < -0.3 is 10.1 Å². The number of benzene rings is 2. The van der Waals surface area contributed by atoms with Crippen molar-refractivity contribution in [1.29, 1.82) is 0 Å². The predicted octanol–water partition coefficient (Wildman–Crippen LogP) is 4.55. The highest BCUT2D eigenvalue weighted by Gasteiger charge is 2.30. The van der Waals surface area contributed by atoms with Crippen molar-refractivity contribution < 1.29 is 23.1 Å². The molecular weight excluding hydrogens is 522 g/mol. The van der Waals surface area contributed by atoms with Crippen LogP contribution in [0.1, 0.15) is 23.2 Å². The van der Waals surface area contributed by atoms with Crippen molar-refractivity contribution in [3.8, 4) is 17.2 Å². The molecule has 0 saturated heterocycles. The number of nitrogens with zero attached hydrogens (tertiary/aromatic N) is 4. The molecule has 2 aromatic carbocycles. The van der Waals surface area contributed by atoms with Gasteiger partial charge in [0.1, 0.15) is 17.1 Å². The number of amides is 2. The van der Waals surface area contributed by atoms with Crippen LogP contribution in [0.15, 0.2) is 83.9 Å². The van der Waals surface area contributed by atoms with Gasteiger partial charge in [-0.2, -0.15) is 4.98 Å². The number of rotatable bonds is 7. The average Bonchev–Trinajstić information content (AvgIpc) is 3.71. The first kappa shape index (κ1) is 24.9. The summed E-state index contributed by atoms with van der Waals surface area (Å²) in [5.74, 6) is -1.72. The summed E-state index contributed by atoms with van der Waals surface area (Å²) >= 11 is 0. The molecule has 1 saturated carbocycles. The predicted molar refractivity (Wildman–Crippen MR) is 141 cm³/mol. The van der Waals surface area contributed by atoms with Crippen LogP contribution in [0, 0.1) is 17.6 Å². The molecule has 10 nitrogen and oxygen atoms in total. The fourth-order valence-corrected chi connectivity index (χ4v) is 4.00. The zero-order valence-electron chi connectivity index (χ0n) is 20.7. The molecule has 6 rings (SSSR count). The van der Waals surface area contributed by atoms with Gasteiger partial charge in [0.05, 0.1) is 0 Å². The minimum absolute atomic E-state index is 0.00840. The summed E-state index contributed by atoms with van der Waals surface area (Å²) in [5, 5.41) is 9.37. The number of fused-ring (bicyclic) bond motifs is 1. The van der Waals surface area contributed by atoms with Crippen molar-refractivity contribution in [1.82, 2.24) is 19.2 Å². The molecule has 3 aromatic heterocycles. The van der Waals surface area contributed by atoms with Crippen LogP contribution in [0.2, 0.25) is 0 Å². The SMILES string of the molecule is O=C(Nc1ccc(Oc2ccn3nc(NC(=O)C4CC4)nc3c2)c(F)c1)c1cccn(-c2ccc(F)cc2)c1=O. The molecule has 40 heavy (non-hydrogen) atoms. The van der Waals surface area contributed by atoms with Crippen LogP contribution in [-0.4, -0.2) is 31.0 Å². The van der Waals surface area contributed by atoms with Crippen LogP contribution in [-0.2, 0) is 4.79 Å². The molecule has 5 aromatic rings. The Morgan fingerprint density at radius 1 is 0.950 bits per heavy atom. The molecule has 0 atom stereocenters. The molecule has 12 heteroatoms. The molecule has 0 bridgehead atoms. The molecule has 0 radical (unpaired) electrons. The van der Waals surface area contributed by atoms with Gasteiger partial charge in [-0.1, -0.05) is 0 Å². The van der Waals surface area contributed by atoms with Gasteiger partial charge in [-0.15, -0.1) is 5.10 Å². The smallest absolute Gasteiger partial charge is 0.267 e. The van der Waals surface area contributed by atoms with E-state index in [2.05, 4.69) is 20.7 Å². The molecule has 200 valence electrons. The number of hydrogen-bond acceptors (Lipinski definition) is 6. The monoisotopic (exact) mass is 542 g/mol. The molecule has 0 aliphatic heterocycles. The zero-order chi connectivity index (χ0) is 27.8. The minimum Gasteiger partial charge on any atom is -0.454 e. The van der Waals surface area contributed by atoms with E-state index >= 15 is 0 Å². The summed E-state index contributed by atoms with van der Waals surface area (Å²) in [6.07, 6.45) is 4.74. The quantitative estimate of drug-likeness (QED) is 0.311. The fourth-order valence-electron chi connectivity index (χ4n) is 4.00. The third-order valence-electron chi connectivity index (χ3n) is 6.21. The normalized spacial score (nSPS) is 12.8. The molecule has 1 aliphatic rings. The Morgan fingerprint density at radius 3 is 2.50 bits per heavy atom. The number of halogens is 2. The summed E-state index contributed by atoms with van der Waals surface area (Å²) in [4.78, 5) is 41.9. The first-order chi connectivity index (χ1) is 19.3. The van der Waals surface area contributed by atoms with E-state index in [0.29, 0.717) is 11.3 Å². The Labute approximate surface area is 224 Å². The van der Waals surface area contributed by atoms with Gasteiger partial charge in [-0.05, 0) is 67.4 Å². The Kier molecular flexibility index (Phi) is 6.27. The Morgan fingerprint density at radius 2 is 1.75 bits per heavy atom. The summed E-state index contributed by atoms with van der Waals surface area (Å²) in [6, 6.07) is 15.0. The van der Waals surface area contributed by atoms with E-state index in [1.807, 2.05) is 0 Å². The second-order valence-corrected chi connectivity index (χ2v) is 9.14. The maximum absolute atomic E-state index is 14.9. The van der Waals surface area contributed by atoms with Gasteiger partial charge in [0, 0.05) is 41.8 Å². The molecule has 0 spiro atoms. The van der Waals surface area contributed by atoms with Gasteiger partial charge in [-0.25, -0.2) is 13.3 Å². The lowest BCUT2D eigenvalue weighted by molar-refractivity contribution is -0.117. The maximum Gasteiger partial charge on any atom is 0.267 e. The van der Waals surface area contributed by atoms with Crippen LogP contribution in [0.5, 0.6) is 11.5 Å². The number of nitrogens with one attached hydrogen (secondary N) is 2. The van der Waals surface area contributed by atoms with Crippen LogP contribution < -0.4 is 20.9 Å². The van der Waals surface area contributed by atoms with Crippen molar-refractivity contribution >= 4 is 29.1 Å². The Balaban J connectivity index is 1.16. The van der Waals surface area contributed by atoms with E-state index in [1.165, 1.54) is 69.9 Å². The van der Waals surface area contributed by atoms with Crippen molar-refractivity contribution in [2.75, 3.05) is 10.6 Å². The molecule has 3 heterocycles. The largest absolute Gasteiger partial charge is 0.454 e. The van der Waals surface area contributed by atoms with E-state index in [1.54, 1.807) is 12.3 Å². The Bertz CT molecular complexity index is 1830. The van der Waals surface area contributed by atoms with Crippen molar-refractivity contribution in [2.24, 2.45) is 5.92 Å². The zero-order valence-corrected chi connectivity index (χ0v) is 20.7. The summed E-state index contributed by atoms with van der Waals surface area (Å²) < 4.78 is 36.4. The number of aromatic nitrogens is 4. The highest BCUT2D eigenvalue weighted by Crippen LogP contribution is 2.30. The molecule has 2 N–H and O–H groups in total. The van der Waals surface area contributed by atoms with Gasteiger partial charge in [-0.3, -0.25) is 24.3 Å². The molecule has 1 aliphatic carbocycles. The summed E-state index contributed by atoms with van der Waals surface area (Å²) in [6.45, 7) is 0. The van der Waals surface area contributed by atoms with Crippen LogP contribution in [0.3, 0.4) is 0 Å². The number of carbonyl (C=O) groups is 2. The second-order valence-electron chi connectivity index (χ2n) is 9.14. The lowest BCUT2D eigenvalue weighted by Gasteiger charge is -2.11. The minimum atomic E-state index is -0.756. The van der Waals surface area contributed by atoms with Gasteiger partial charge in [0.25, 0.3) is 11.5 Å². The highest BCUT2D eigenvalue weighted by atomic mass is 19.1. The van der Waals surface area contributed by atoms with Crippen LogP contribution >= 0.6 is 0 Å². The summed E-state index contributed by atoms with van der Waals surface area (Å²) in [5.41, 5.74) is 0.0858. The van der Waals surface area contributed by atoms with Crippen molar-refractivity contribution in [3.05, 3.63) is 107 Å². The molecular formula is C28H20F2N6O4. The maximum atomic E-state index is 14.9. The van der Waals surface area contributed by atoms with Crippen LogP contribution in [0.4, 0.5) is 20.4 Å².